The Hall–Kier alpha value is -1.63. The van der Waals surface area contributed by atoms with Crippen LogP contribution in [0.15, 0.2) is 18.2 Å². The summed E-state index contributed by atoms with van der Waals surface area (Å²) in [6, 6.07) is 7.26. The maximum absolute atomic E-state index is 11.8. The molecule has 136 valence electrons. The van der Waals surface area contributed by atoms with Crippen LogP contribution in [0, 0.1) is 12.8 Å². The number of rotatable bonds is 0. The van der Waals surface area contributed by atoms with Gasteiger partial charge in [-0.3, -0.25) is 5.43 Å². The van der Waals surface area contributed by atoms with Gasteiger partial charge in [0.2, 0.25) is 0 Å². The van der Waals surface area contributed by atoms with Gasteiger partial charge in [0.15, 0.2) is 0 Å². The van der Waals surface area contributed by atoms with Gasteiger partial charge in [0.25, 0.3) is 0 Å². The zero-order valence-corrected chi connectivity index (χ0v) is 14.7. The van der Waals surface area contributed by atoms with Crippen molar-refractivity contribution in [3.8, 4) is 0 Å². The molecule has 3 N–H and O–H groups in total. The Morgan fingerprint density at radius 3 is 3.04 bits per heavy atom. The SMILES string of the molecule is Cc1ccc2cc1COC(=O)NCCCOC1CCC3NNC2C3C1. The van der Waals surface area contributed by atoms with Crippen LogP contribution in [0.3, 0.4) is 0 Å². The Balaban J connectivity index is 1.60. The molecule has 0 radical (unpaired) electrons. The Bertz CT molecular complexity index is 636. The number of ether oxygens (including phenoxy) is 2. The average molecular weight is 345 g/mol. The van der Waals surface area contributed by atoms with E-state index < -0.39 is 0 Å². The Morgan fingerprint density at radius 1 is 1.20 bits per heavy atom. The molecule has 4 unspecified atom stereocenters. The minimum absolute atomic E-state index is 0.273. The van der Waals surface area contributed by atoms with Crippen molar-refractivity contribution in [2.24, 2.45) is 5.92 Å². The van der Waals surface area contributed by atoms with E-state index in [1.165, 1.54) is 5.56 Å². The van der Waals surface area contributed by atoms with Crippen molar-refractivity contribution in [3.63, 3.8) is 0 Å². The van der Waals surface area contributed by atoms with E-state index in [9.17, 15) is 4.79 Å². The number of hydrazine groups is 1. The molecule has 6 heteroatoms. The number of nitrogens with one attached hydrogen (secondary N) is 3. The van der Waals surface area contributed by atoms with Crippen molar-refractivity contribution in [1.82, 2.24) is 16.2 Å². The maximum atomic E-state index is 11.8. The molecule has 1 saturated heterocycles. The molecule has 1 aromatic carbocycles. The van der Waals surface area contributed by atoms with Crippen LogP contribution in [0.2, 0.25) is 0 Å². The molecule has 2 fully saturated rings. The van der Waals surface area contributed by atoms with E-state index >= 15 is 0 Å². The molecule has 1 amide bonds. The van der Waals surface area contributed by atoms with Crippen LogP contribution in [-0.4, -0.2) is 31.4 Å². The second kappa shape index (κ2) is 7.32. The van der Waals surface area contributed by atoms with Crippen LogP contribution in [-0.2, 0) is 16.1 Å². The Kier molecular flexibility index (Phi) is 4.92. The van der Waals surface area contributed by atoms with Crippen LogP contribution in [0.1, 0.15) is 48.4 Å². The predicted molar refractivity (Wildman–Crippen MR) is 93.9 cm³/mol. The number of aryl methyl sites for hydroxylation is 1. The molecule has 0 aromatic heterocycles. The van der Waals surface area contributed by atoms with Crippen molar-refractivity contribution < 1.29 is 14.3 Å². The number of hydrogen-bond donors (Lipinski definition) is 3. The number of fused-ring (bicyclic) bond motifs is 4. The van der Waals surface area contributed by atoms with E-state index in [1.807, 2.05) is 0 Å². The minimum atomic E-state index is -0.362. The second-order valence-corrected chi connectivity index (χ2v) is 7.38. The lowest BCUT2D eigenvalue weighted by atomic mass is 9.78. The Morgan fingerprint density at radius 2 is 2.12 bits per heavy atom. The zero-order chi connectivity index (χ0) is 17.2. The summed E-state index contributed by atoms with van der Waals surface area (Å²) in [7, 11) is 0. The van der Waals surface area contributed by atoms with Crippen LogP contribution in [0.25, 0.3) is 0 Å². The van der Waals surface area contributed by atoms with Gasteiger partial charge in [-0.15, -0.1) is 0 Å². The number of benzene rings is 1. The third-order valence-corrected chi connectivity index (χ3v) is 5.74. The van der Waals surface area contributed by atoms with Crippen molar-refractivity contribution in [3.05, 3.63) is 34.9 Å². The lowest BCUT2D eigenvalue weighted by Gasteiger charge is -2.33. The third-order valence-electron chi connectivity index (χ3n) is 5.74. The van der Waals surface area contributed by atoms with E-state index in [1.54, 1.807) is 0 Å². The van der Waals surface area contributed by atoms with E-state index in [4.69, 9.17) is 9.47 Å². The van der Waals surface area contributed by atoms with Crippen molar-refractivity contribution in [1.29, 1.82) is 0 Å². The standard InChI is InChI=1S/C19H27N3O3/c1-12-3-4-13-9-14(12)11-25-19(23)20-7-2-8-24-15-5-6-17-16(10-15)18(13)22-21-17/h3-4,9,15-18,21-22H,2,5-8,10-11H2,1H3,(H,20,23). The molecule has 2 aliphatic heterocycles. The quantitative estimate of drug-likeness (QED) is 0.673. The van der Waals surface area contributed by atoms with Crippen molar-refractivity contribution in [2.75, 3.05) is 13.2 Å². The average Bonchev–Trinajstić information content (AvgIpc) is 3.03. The first-order chi connectivity index (χ1) is 12.2. The highest BCUT2D eigenvalue weighted by atomic mass is 16.5. The number of amides is 1. The highest BCUT2D eigenvalue weighted by Crippen LogP contribution is 2.39. The van der Waals surface area contributed by atoms with Crippen LogP contribution in [0.5, 0.6) is 0 Å². The van der Waals surface area contributed by atoms with E-state index in [0.717, 1.165) is 36.8 Å². The Labute approximate surface area is 148 Å². The second-order valence-electron chi connectivity index (χ2n) is 7.38. The third kappa shape index (κ3) is 3.66. The topological polar surface area (TPSA) is 71.6 Å². The number of carbonyl (C=O) groups is 1. The fourth-order valence-corrected chi connectivity index (χ4v) is 4.25. The molecule has 25 heavy (non-hydrogen) atoms. The monoisotopic (exact) mass is 345 g/mol. The highest BCUT2D eigenvalue weighted by molar-refractivity contribution is 5.67. The molecule has 0 spiro atoms. The summed E-state index contributed by atoms with van der Waals surface area (Å²) < 4.78 is 11.5. The molecular formula is C19H27N3O3. The minimum Gasteiger partial charge on any atom is -0.445 e. The molecule has 4 rings (SSSR count). The molecule has 6 nitrogen and oxygen atoms in total. The number of alkyl carbamates (subject to hydrolysis) is 1. The number of hydrogen-bond acceptors (Lipinski definition) is 5. The predicted octanol–water partition coefficient (Wildman–Crippen LogP) is 2.33. The van der Waals surface area contributed by atoms with Crippen LogP contribution >= 0.6 is 0 Å². The van der Waals surface area contributed by atoms with Gasteiger partial charge in [-0.2, -0.15) is 0 Å². The number of cyclic esters (lactones) is 1. The molecule has 1 saturated carbocycles. The van der Waals surface area contributed by atoms with E-state index in [-0.39, 0.29) is 12.1 Å². The molecule has 4 atom stereocenters. The summed E-state index contributed by atoms with van der Waals surface area (Å²) in [6.07, 6.45) is 4.06. The summed E-state index contributed by atoms with van der Waals surface area (Å²) in [6.45, 7) is 3.63. The summed E-state index contributed by atoms with van der Waals surface area (Å²) >= 11 is 0. The smallest absolute Gasteiger partial charge is 0.407 e. The summed E-state index contributed by atoms with van der Waals surface area (Å²) in [5, 5.41) is 2.80. The first-order valence-electron chi connectivity index (χ1n) is 9.33. The number of carbonyl (C=O) groups excluding carboxylic acids is 1. The fourth-order valence-electron chi connectivity index (χ4n) is 4.25. The van der Waals surface area contributed by atoms with Crippen molar-refractivity contribution in [2.45, 2.75) is 57.4 Å². The fraction of sp³-hybridized carbons (Fsp3) is 0.632. The van der Waals surface area contributed by atoms with Gasteiger partial charge in [0.1, 0.15) is 6.61 Å². The van der Waals surface area contributed by atoms with Gasteiger partial charge in [-0.05, 0) is 55.2 Å². The van der Waals surface area contributed by atoms with E-state index in [2.05, 4.69) is 41.3 Å². The molecule has 2 heterocycles. The van der Waals surface area contributed by atoms with Gasteiger partial charge in [0.05, 0.1) is 12.1 Å². The van der Waals surface area contributed by atoms with E-state index in [0.29, 0.717) is 37.8 Å². The summed E-state index contributed by atoms with van der Waals surface area (Å²) in [4.78, 5) is 11.8. The van der Waals surface area contributed by atoms with Gasteiger partial charge in [0, 0.05) is 19.2 Å². The maximum Gasteiger partial charge on any atom is 0.407 e. The van der Waals surface area contributed by atoms with Gasteiger partial charge in [-0.1, -0.05) is 18.2 Å². The summed E-state index contributed by atoms with van der Waals surface area (Å²) in [5.41, 5.74) is 10.4. The van der Waals surface area contributed by atoms with Gasteiger partial charge < -0.3 is 14.8 Å². The molecule has 4 bridgehead atoms. The molecule has 3 aliphatic rings. The molecule has 1 aliphatic carbocycles. The molecular weight excluding hydrogens is 318 g/mol. The molecule has 1 aromatic rings. The highest BCUT2D eigenvalue weighted by Gasteiger charge is 2.41. The van der Waals surface area contributed by atoms with Crippen LogP contribution < -0.4 is 16.2 Å². The largest absolute Gasteiger partial charge is 0.445 e. The summed E-state index contributed by atoms with van der Waals surface area (Å²) in [5.74, 6) is 0.528. The first kappa shape index (κ1) is 16.8. The normalized spacial score (nSPS) is 32.9. The lowest BCUT2D eigenvalue weighted by molar-refractivity contribution is 0.00716. The lowest BCUT2D eigenvalue weighted by Crippen LogP contribution is -2.37. The van der Waals surface area contributed by atoms with Gasteiger partial charge in [-0.25, -0.2) is 10.2 Å². The first-order valence-corrected chi connectivity index (χ1v) is 9.33. The van der Waals surface area contributed by atoms with Gasteiger partial charge >= 0.3 is 6.09 Å². The van der Waals surface area contributed by atoms with Crippen molar-refractivity contribution >= 4 is 6.09 Å². The zero-order valence-electron chi connectivity index (χ0n) is 14.7. The van der Waals surface area contributed by atoms with Crippen LogP contribution in [0.4, 0.5) is 4.79 Å².